The van der Waals surface area contributed by atoms with Gasteiger partial charge in [-0.2, -0.15) is 0 Å². The summed E-state index contributed by atoms with van der Waals surface area (Å²) in [6, 6.07) is 0. The van der Waals surface area contributed by atoms with E-state index in [-0.39, 0.29) is 0 Å². The topological polar surface area (TPSA) is 43.7 Å². The molecule has 2 unspecified atom stereocenters. The molecule has 0 aromatic heterocycles. The Morgan fingerprint density at radius 3 is 2.75 bits per heavy atom. The molecular weight excluding hydrogens is 161 g/mol. The van der Waals surface area contributed by atoms with Crippen LogP contribution < -0.4 is 0 Å². The molecule has 0 amide bonds. The molecule has 2 N–H and O–H groups in total. The van der Waals surface area contributed by atoms with E-state index >= 15 is 0 Å². The number of hydrogen-bond acceptors (Lipinski definition) is 3. The third kappa shape index (κ3) is 2.69. The maximum Gasteiger partial charge on any atom is 0.117 e. The first-order valence-corrected chi connectivity index (χ1v) is 4.22. The molecule has 0 radical (unpaired) electrons. The lowest BCUT2D eigenvalue weighted by atomic mass is 10.1. The van der Waals surface area contributed by atoms with Crippen LogP contribution in [0.3, 0.4) is 0 Å². The van der Waals surface area contributed by atoms with E-state index in [4.69, 9.17) is 5.11 Å². The standard InChI is InChI=1S/C8H16FNO2/c1-8(12)2-3-10(6-8)5-7(11)4-9/h7,11-12H,2-6H2,1H3. The Hall–Kier alpha value is -0.190. The van der Waals surface area contributed by atoms with Gasteiger partial charge in [0.15, 0.2) is 0 Å². The fourth-order valence-corrected chi connectivity index (χ4v) is 1.54. The Balaban J connectivity index is 2.28. The minimum atomic E-state index is -0.904. The maximum atomic E-state index is 11.9. The molecule has 1 saturated heterocycles. The van der Waals surface area contributed by atoms with Crippen LogP contribution in [0, 0.1) is 0 Å². The van der Waals surface area contributed by atoms with Crippen LogP contribution in [0.1, 0.15) is 13.3 Å². The summed E-state index contributed by atoms with van der Waals surface area (Å²) in [6.07, 6.45) is -0.203. The van der Waals surface area contributed by atoms with E-state index in [1.807, 2.05) is 4.90 Å². The fraction of sp³-hybridized carbons (Fsp3) is 1.00. The van der Waals surface area contributed by atoms with Crippen LogP contribution in [0.25, 0.3) is 0 Å². The van der Waals surface area contributed by atoms with Gasteiger partial charge in [0.1, 0.15) is 6.67 Å². The molecule has 1 aliphatic heterocycles. The molecule has 0 aromatic carbocycles. The summed E-state index contributed by atoms with van der Waals surface area (Å²) in [6.45, 7) is 2.65. The minimum absolute atomic E-state index is 0.326. The molecule has 1 heterocycles. The molecule has 4 heteroatoms. The molecule has 1 fully saturated rings. The van der Waals surface area contributed by atoms with E-state index in [2.05, 4.69) is 0 Å². The summed E-state index contributed by atoms with van der Waals surface area (Å²) in [7, 11) is 0. The van der Waals surface area contributed by atoms with Gasteiger partial charge in [0.2, 0.25) is 0 Å². The highest BCUT2D eigenvalue weighted by atomic mass is 19.1. The van der Waals surface area contributed by atoms with Gasteiger partial charge in [-0.15, -0.1) is 0 Å². The van der Waals surface area contributed by atoms with Crippen molar-refractivity contribution in [3.8, 4) is 0 Å². The van der Waals surface area contributed by atoms with Crippen LogP contribution in [0.15, 0.2) is 0 Å². The molecule has 0 aliphatic carbocycles. The second kappa shape index (κ2) is 3.68. The van der Waals surface area contributed by atoms with Crippen molar-refractivity contribution >= 4 is 0 Å². The maximum absolute atomic E-state index is 11.9. The Morgan fingerprint density at radius 2 is 2.33 bits per heavy atom. The molecule has 0 spiro atoms. The molecular formula is C8H16FNO2. The number of likely N-dealkylation sites (tertiary alicyclic amines) is 1. The van der Waals surface area contributed by atoms with Gasteiger partial charge in [-0.3, -0.25) is 4.90 Å². The van der Waals surface area contributed by atoms with E-state index < -0.39 is 18.4 Å². The van der Waals surface area contributed by atoms with Crippen molar-refractivity contribution in [3.63, 3.8) is 0 Å². The second-order valence-electron chi connectivity index (χ2n) is 3.79. The highest BCUT2D eigenvalue weighted by Gasteiger charge is 2.31. The van der Waals surface area contributed by atoms with Crippen molar-refractivity contribution in [1.29, 1.82) is 0 Å². The van der Waals surface area contributed by atoms with Gasteiger partial charge in [0.25, 0.3) is 0 Å². The Kier molecular flexibility index (Phi) is 3.04. The predicted molar refractivity (Wildman–Crippen MR) is 43.7 cm³/mol. The van der Waals surface area contributed by atoms with Crippen molar-refractivity contribution in [3.05, 3.63) is 0 Å². The van der Waals surface area contributed by atoms with Crippen LogP contribution in [0.4, 0.5) is 4.39 Å². The normalized spacial score (nSPS) is 34.0. The number of halogens is 1. The van der Waals surface area contributed by atoms with Gasteiger partial charge in [-0.1, -0.05) is 0 Å². The number of aliphatic hydroxyl groups is 2. The summed E-state index contributed by atoms with van der Waals surface area (Å²) in [5.74, 6) is 0. The monoisotopic (exact) mass is 177 g/mol. The number of alkyl halides is 1. The van der Waals surface area contributed by atoms with Crippen LogP contribution in [-0.4, -0.2) is 53.1 Å². The molecule has 3 nitrogen and oxygen atoms in total. The van der Waals surface area contributed by atoms with Crippen molar-refractivity contribution in [2.75, 3.05) is 26.3 Å². The van der Waals surface area contributed by atoms with Gasteiger partial charge in [0, 0.05) is 19.6 Å². The van der Waals surface area contributed by atoms with E-state index in [1.165, 1.54) is 0 Å². The van der Waals surface area contributed by atoms with Gasteiger partial charge in [0.05, 0.1) is 11.7 Å². The zero-order chi connectivity index (χ0) is 9.19. The second-order valence-corrected chi connectivity index (χ2v) is 3.79. The Morgan fingerprint density at radius 1 is 1.67 bits per heavy atom. The van der Waals surface area contributed by atoms with Crippen molar-refractivity contribution in [2.45, 2.75) is 25.0 Å². The number of hydrogen-bond donors (Lipinski definition) is 2. The lowest BCUT2D eigenvalue weighted by Gasteiger charge is -2.20. The fourth-order valence-electron chi connectivity index (χ4n) is 1.54. The third-order valence-electron chi connectivity index (χ3n) is 2.18. The Bertz CT molecular complexity index is 152. The highest BCUT2D eigenvalue weighted by Crippen LogP contribution is 2.19. The van der Waals surface area contributed by atoms with Crippen LogP contribution in [-0.2, 0) is 0 Å². The molecule has 12 heavy (non-hydrogen) atoms. The zero-order valence-electron chi connectivity index (χ0n) is 7.33. The average molecular weight is 177 g/mol. The first-order chi connectivity index (χ1) is 5.53. The lowest BCUT2D eigenvalue weighted by molar-refractivity contribution is 0.0537. The predicted octanol–water partition coefficient (Wildman–Crippen LogP) is -0.227. The number of β-amino-alcohol motifs (C(OH)–C–C–N with tert-alkyl or cyclic N) is 2. The first-order valence-electron chi connectivity index (χ1n) is 4.22. The lowest BCUT2D eigenvalue weighted by Crippen LogP contribution is -2.35. The van der Waals surface area contributed by atoms with Crippen molar-refractivity contribution in [2.24, 2.45) is 0 Å². The van der Waals surface area contributed by atoms with E-state index in [0.717, 1.165) is 6.54 Å². The largest absolute Gasteiger partial charge is 0.389 e. The smallest absolute Gasteiger partial charge is 0.117 e. The molecule has 0 aromatic rings. The van der Waals surface area contributed by atoms with Crippen molar-refractivity contribution in [1.82, 2.24) is 4.90 Å². The summed E-state index contributed by atoms with van der Waals surface area (Å²) in [5, 5.41) is 18.5. The van der Waals surface area contributed by atoms with Gasteiger partial charge >= 0.3 is 0 Å². The third-order valence-corrected chi connectivity index (χ3v) is 2.18. The van der Waals surface area contributed by atoms with Gasteiger partial charge in [-0.25, -0.2) is 4.39 Å². The minimum Gasteiger partial charge on any atom is -0.389 e. The average Bonchev–Trinajstić information content (AvgIpc) is 2.30. The number of nitrogens with zero attached hydrogens (tertiary/aromatic N) is 1. The SMILES string of the molecule is CC1(O)CCN(CC(O)CF)C1. The molecule has 1 rings (SSSR count). The Labute approximate surface area is 71.8 Å². The van der Waals surface area contributed by atoms with Crippen molar-refractivity contribution < 1.29 is 14.6 Å². The van der Waals surface area contributed by atoms with Crippen LogP contribution in [0.5, 0.6) is 0 Å². The van der Waals surface area contributed by atoms with E-state index in [9.17, 15) is 9.50 Å². The number of rotatable bonds is 3. The molecule has 0 saturated carbocycles. The first kappa shape index (κ1) is 9.89. The molecule has 0 bridgehead atoms. The summed E-state index contributed by atoms with van der Waals surface area (Å²) >= 11 is 0. The highest BCUT2D eigenvalue weighted by molar-refractivity contribution is 4.86. The van der Waals surface area contributed by atoms with Crippen LogP contribution in [0.2, 0.25) is 0 Å². The molecule has 72 valence electrons. The van der Waals surface area contributed by atoms with E-state index in [1.54, 1.807) is 6.92 Å². The van der Waals surface area contributed by atoms with E-state index in [0.29, 0.717) is 19.5 Å². The molecule has 2 atom stereocenters. The van der Waals surface area contributed by atoms with Crippen LogP contribution >= 0.6 is 0 Å². The molecule has 1 aliphatic rings. The quantitative estimate of drug-likeness (QED) is 0.626. The van der Waals surface area contributed by atoms with Gasteiger partial charge in [-0.05, 0) is 13.3 Å². The summed E-state index contributed by atoms with van der Waals surface area (Å²) in [4.78, 5) is 1.88. The summed E-state index contributed by atoms with van der Waals surface area (Å²) in [5.41, 5.74) is -0.657. The zero-order valence-corrected chi connectivity index (χ0v) is 7.33. The summed E-state index contributed by atoms with van der Waals surface area (Å²) < 4.78 is 11.9. The van der Waals surface area contributed by atoms with Gasteiger partial charge < -0.3 is 10.2 Å². The number of aliphatic hydroxyl groups excluding tert-OH is 1.